The zero-order valence-electron chi connectivity index (χ0n) is 17.0. The lowest BCUT2D eigenvalue weighted by Crippen LogP contribution is -2.06. The molecule has 166 valence electrons. The molecule has 2 aromatic heterocycles. The van der Waals surface area contributed by atoms with Crippen molar-refractivity contribution in [1.82, 2.24) is 9.97 Å². The van der Waals surface area contributed by atoms with Crippen molar-refractivity contribution in [2.75, 3.05) is 0 Å². The Balaban J connectivity index is 1.52. The minimum Gasteiger partial charge on any atom is -0.478 e. The maximum atomic E-state index is 12.4. The van der Waals surface area contributed by atoms with Gasteiger partial charge < -0.3 is 19.0 Å². The highest BCUT2D eigenvalue weighted by Crippen LogP contribution is 2.24. The molecule has 0 saturated carbocycles. The van der Waals surface area contributed by atoms with Gasteiger partial charge in [-0.2, -0.15) is 0 Å². The Morgan fingerprint density at radius 3 is 1.35 bits per heavy atom. The van der Waals surface area contributed by atoms with Crippen LogP contribution in [0.2, 0.25) is 0 Å². The predicted octanol–water partition coefficient (Wildman–Crippen LogP) is 3.42. The predicted molar refractivity (Wildman–Crippen MR) is 119 cm³/mol. The zero-order chi connectivity index (χ0) is 24.0. The normalized spacial score (nSPS) is 11.1. The summed E-state index contributed by atoms with van der Waals surface area (Å²) < 4.78 is 10.5. The molecular formula is C24H12N2O8. The molecule has 5 aromatic rings. The van der Waals surface area contributed by atoms with Crippen LogP contribution < -0.4 is 11.3 Å². The van der Waals surface area contributed by atoms with E-state index in [-0.39, 0.29) is 44.7 Å². The van der Waals surface area contributed by atoms with Gasteiger partial charge in [0.25, 0.3) is 0 Å². The molecule has 0 aliphatic rings. The van der Waals surface area contributed by atoms with Crippen LogP contribution in [0, 0.1) is 0 Å². The van der Waals surface area contributed by atoms with Gasteiger partial charge in [0.05, 0.1) is 32.9 Å². The number of aromatic nitrogens is 2. The van der Waals surface area contributed by atoms with Crippen LogP contribution in [0.4, 0.5) is 0 Å². The van der Waals surface area contributed by atoms with Crippen molar-refractivity contribution in [2.45, 2.75) is 0 Å². The third-order valence-corrected chi connectivity index (χ3v) is 5.13. The second-order valence-corrected chi connectivity index (χ2v) is 7.26. The monoisotopic (exact) mass is 456 g/mol. The fourth-order valence-corrected chi connectivity index (χ4v) is 3.41. The van der Waals surface area contributed by atoms with E-state index in [1.165, 1.54) is 36.4 Å². The van der Waals surface area contributed by atoms with Crippen molar-refractivity contribution >= 4 is 33.7 Å². The van der Waals surface area contributed by atoms with Gasteiger partial charge in [-0.25, -0.2) is 29.1 Å². The fraction of sp³-hybridized carbons (Fsp3) is 0. The number of carbonyl (C=O) groups is 2. The van der Waals surface area contributed by atoms with Crippen LogP contribution in [-0.2, 0) is 0 Å². The van der Waals surface area contributed by atoms with Gasteiger partial charge in [0, 0.05) is 11.1 Å². The molecule has 3 aromatic carbocycles. The average molecular weight is 456 g/mol. The molecular weight excluding hydrogens is 444 g/mol. The average Bonchev–Trinajstić information content (AvgIpc) is 2.83. The fourth-order valence-electron chi connectivity index (χ4n) is 3.41. The summed E-state index contributed by atoms with van der Waals surface area (Å²) in [4.78, 5) is 55.6. The summed E-state index contributed by atoms with van der Waals surface area (Å²) in [5, 5.41) is 18.3. The lowest BCUT2D eigenvalue weighted by molar-refractivity contribution is 0.0686. The van der Waals surface area contributed by atoms with Crippen molar-refractivity contribution in [2.24, 2.45) is 0 Å². The first kappa shape index (κ1) is 20.8. The first-order valence-corrected chi connectivity index (χ1v) is 9.77. The van der Waals surface area contributed by atoms with Gasteiger partial charge in [0.1, 0.15) is 0 Å². The Morgan fingerprint density at radius 1 is 0.618 bits per heavy atom. The minimum atomic E-state index is -1.17. The molecule has 0 aliphatic carbocycles. The summed E-state index contributed by atoms with van der Waals surface area (Å²) in [7, 11) is 0. The molecule has 2 N–H and O–H groups in total. The molecule has 10 nitrogen and oxygen atoms in total. The Labute approximate surface area is 188 Å². The minimum absolute atomic E-state index is 0.0289. The van der Waals surface area contributed by atoms with Crippen LogP contribution in [0.15, 0.2) is 79.1 Å². The van der Waals surface area contributed by atoms with Crippen LogP contribution in [0.5, 0.6) is 0 Å². The van der Waals surface area contributed by atoms with Crippen molar-refractivity contribution in [3.63, 3.8) is 0 Å². The quantitative estimate of drug-likeness (QED) is 0.410. The number of carboxylic acids is 2. The first-order chi connectivity index (χ1) is 16.3. The molecule has 0 radical (unpaired) electrons. The van der Waals surface area contributed by atoms with Crippen LogP contribution >= 0.6 is 0 Å². The lowest BCUT2D eigenvalue weighted by atomic mass is 10.1. The molecule has 0 saturated heterocycles. The number of aromatic carboxylic acids is 2. The number of carboxylic acid groups (broad SMARTS) is 2. The third-order valence-electron chi connectivity index (χ3n) is 5.13. The number of hydrogen-bond acceptors (Lipinski definition) is 8. The molecule has 0 unspecified atom stereocenters. The largest absolute Gasteiger partial charge is 0.478 e. The molecule has 0 amide bonds. The summed E-state index contributed by atoms with van der Waals surface area (Å²) in [6.45, 7) is 0. The molecule has 0 spiro atoms. The van der Waals surface area contributed by atoms with Gasteiger partial charge >= 0.3 is 23.2 Å². The Bertz CT molecular complexity index is 1620. The van der Waals surface area contributed by atoms with Crippen molar-refractivity contribution in [3.05, 3.63) is 92.6 Å². The molecule has 2 heterocycles. The van der Waals surface area contributed by atoms with Gasteiger partial charge in [-0.15, -0.1) is 0 Å². The standard InChI is InChI=1S/C24H12N2O8/c27-21(28)13-5-7-17-15(9-13)23(31)33-19(25-17)11-1-2-12(4-3-11)20-26-18-8-6-14(22(29)30)10-16(18)24(32)34-20/h1-10H,(H,27,28)(H,29,30). The van der Waals surface area contributed by atoms with E-state index in [0.717, 1.165) is 0 Å². The summed E-state index contributed by atoms with van der Waals surface area (Å²) in [6.07, 6.45) is 0. The van der Waals surface area contributed by atoms with Gasteiger partial charge in [0.2, 0.25) is 11.8 Å². The smallest absolute Gasteiger partial charge is 0.347 e. The van der Waals surface area contributed by atoms with E-state index in [4.69, 9.17) is 19.0 Å². The van der Waals surface area contributed by atoms with Crippen molar-refractivity contribution in [1.29, 1.82) is 0 Å². The molecule has 10 heteroatoms. The second kappa shape index (κ2) is 7.78. The molecule has 5 rings (SSSR count). The number of rotatable bonds is 4. The van der Waals surface area contributed by atoms with Crippen molar-refractivity contribution in [3.8, 4) is 22.9 Å². The highest BCUT2D eigenvalue weighted by atomic mass is 16.4. The Hall–Kier alpha value is -5.12. The number of nitrogens with zero attached hydrogens (tertiary/aromatic N) is 2. The van der Waals surface area contributed by atoms with Gasteiger partial charge in [-0.3, -0.25) is 0 Å². The van der Waals surface area contributed by atoms with Crippen LogP contribution in [0.3, 0.4) is 0 Å². The molecule has 0 aliphatic heterocycles. The van der Waals surface area contributed by atoms with Crippen LogP contribution in [0.25, 0.3) is 44.7 Å². The third kappa shape index (κ3) is 3.58. The van der Waals surface area contributed by atoms with Crippen LogP contribution in [-0.4, -0.2) is 32.1 Å². The summed E-state index contributed by atoms with van der Waals surface area (Å²) >= 11 is 0. The van der Waals surface area contributed by atoms with Gasteiger partial charge in [0.15, 0.2) is 0 Å². The number of benzene rings is 3. The van der Waals surface area contributed by atoms with E-state index in [9.17, 15) is 19.2 Å². The maximum absolute atomic E-state index is 12.4. The SMILES string of the molecule is O=C(O)c1ccc2nc(-c3ccc(-c4nc5ccc(C(=O)O)cc5c(=O)o4)cc3)oc(=O)c2c1. The molecule has 0 atom stereocenters. The Kier molecular flexibility index (Phi) is 4.75. The Morgan fingerprint density at radius 2 is 1.00 bits per heavy atom. The van der Waals surface area contributed by atoms with E-state index in [1.807, 2.05) is 0 Å². The van der Waals surface area contributed by atoms with Gasteiger partial charge in [-0.05, 0) is 60.7 Å². The summed E-state index contributed by atoms with van der Waals surface area (Å²) in [5.41, 5.74) is -0.0835. The summed E-state index contributed by atoms with van der Waals surface area (Å²) in [6, 6.07) is 14.3. The van der Waals surface area contributed by atoms with Crippen LogP contribution in [0.1, 0.15) is 20.7 Å². The zero-order valence-corrected chi connectivity index (χ0v) is 17.0. The number of fused-ring (bicyclic) bond motifs is 2. The molecule has 0 fully saturated rings. The first-order valence-electron chi connectivity index (χ1n) is 9.77. The second-order valence-electron chi connectivity index (χ2n) is 7.26. The topological polar surface area (TPSA) is 161 Å². The van der Waals surface area contributed by atoms with E-state index >= 15 is 0 Å². The number of hydrogen-bond donors (Lipinski definition) is 2. The summed E-state index contributed by atoms with van der Waals surface area (Å²) in [5.74, 6) is -2.28. The molecule has 0 bridgehead atoms. The van der Waals surface area contributed by atoms with E-state index in [2.05, 4.69) is 9.97 Å². The van der Waals surface area contributed by atoms with Gasteiger partial charge in [-0.1, -0.05) is 0 Å². The van der Waals surface area contributed by atoms with Crippen molar-refractivity contribution < 1.29 is 28.6 Å². The highest BCUT2D eigenvalue weighted by molar-refractivity contribution is 5.94. The van der Waals surface area contributed by atoms with E-state index in [0.29, 0.717) is 11.1 Å². The van der Waals surface area contributed by atoms with E-state index < -0.39 is 23.2 Å². The highest BCUT2D eigenvalue weighted by Gasteiger charge is 2.14. The lowest BCUT2D eigenvalue weighted by Gasteiger charge is -2.05. The maximum Gasteiger partial charge on any atom is 0.347 e. The molecule has 34 heavy (non-hydrogen) atoms. The van der Waals surface area contributed by atoms with E-state index in [1.54, 1.807) is 24.3 Å².